The van der Waals surface area contributed by atoms with E-state index in [0.29, 0.717) is 11.1 Å². The maximum absolute atomic E-state index is 12.1. The molecule has 9 heteroatoms. The molecule has 2 rings (SSSR count). The molecule has 0 aromatic heterocycles. The van der Waals surface area contributed by atoms with Crippen molar-refractivity contribution in [2.45, 2.75) is 4.90 Å². The van der Waals surface area contributed by atoms with E-state index < -0.39 is 32.5 Å². The van der Waals surface area contributed by atoms with Crippen LogP contribution in [-0.2, 0) is 10.1 Å². The Balaban J connectivity index is 2.42. The van der Waals surface area contributed by atoms with Crippen molar-refractivity contribution in [1.29, 1.82) is 0 Å². The molecule has 0 heterocycles. The van der Waals surface area contributed by atoms with Crippen LogP contribution in [0.25, 0.3) is 0 Å². The highest BCUT2D eigenvalue weighted by atomic mass is 35.5. The predicted molar refractivity (Wildman–Crippen MR) is 79.6 cm³/mol. The molecule has 0 spiro atoms. The van der Waals surface area contributed by atoms with E-state index in [1.807, 2.05) is 0 Å². The molecule has 0 radical (unpaired) electrons. The van der Waals surface area contributed by atoms with Gasteiger partial charge < -0.3 is 9.84 Å². The van der Waals surface area contributed by atoms with Gasteiger partial charge in [-0.1, -0.05) is 17.7 Å². The van der Waals surface area contributed by atoms with Crippen LogP contribution in [0.3, 0.4) is 0 Å². The van der Waals surface area contributed by atoms with Crippen molar-refractivity contribution < 1.29 is 32.4 Å². The van der Waals surface area contributed by atoms with Gasteiger partial charge in [0.2, 0.25) is 0 Å². The second-order valence-corrected chi connectivity index (χ2v) is 6.19. The summed E-state index contributed by atoms with van der Waals surface area (Å²) in [6.45, 7) is 0. The Labute approximate surface area is 135 Å². The van der Waals surface area contributed by atoms with E-state index in [0.717, 1.165) is 12.1 Å². The number of carbonyl (C=O) groups is 2. The van der Waals surface area contributed by atoms with E-state index in [1.54, 1.807) is 6.07 Å². The summed E-state index contributed by atoms with van der Waals surface area (Å²) in [4.78, 5) is 22.6. The molecule has 23 heavy (non-hydrogen) atoms. The monoisotopic (exact) mass is 356 g/mol. The smallest absolute Gasteiger partial charge is 0.344 e. The van der Waals surface area contributed by atoms with Crippen molar-refractivity contribution in [3.8, 4) is 5.75 Å². The molecule has 2 aromatic carbocycles. The van der Waals surface area contributed by atoms with Crippen molar-refractivity contribution in [3.05, 3.63) is 58.6 Å². The second-order valence-electron chi connectivity index (χ2n) is 4.33. The van der Waals surface area contributed by atoms with Crippen LogP contribution >= 0.6 is 11.6 Å². The van der Waals surface area contributed by atoms with Gasteiger partial charge in [-0.05, 0) is 36.4 Å². The summed E-state index contributed by atoms with van der Waals surface area (Å²) in [6, 6.07) is 8.40. The summed E-state index contributed by atoms with van der Waals surface area (Å²) in [5.41, 5.74) is -0.989. The lowest BCUT2D eigenvalue weighted by atomic mass is 10.1. The average Bonchev–Trinajstić information content (AvgIpc) is 2.45. The van der Waals surface area contributed by atoms with E-state index in [1.165, 1.54) is 18.2 Å². The van der Waals surface area contributed by atoms with Crippen molar-refractivity contribution in [1.82, 2.24) is 0 Å². The zero-order valence-electron chi connectivity index (χ0n) is 11.3. The van der Waals surface area contributed by atoms with Crippen LogP contribution in [0, 0.1) is 0 Å². The highest BCUT2D eigenvalue weighted by Gasteiger charge is 2.22. The number of carboxylic acid groups (broad SMARTS) is 1. The van der Waals surface area contributed by atoms with E-state index in [2.05, 4.69) is 0 Å². The fourth-order valence-electron chi connectivity index (χ4n) is 1.73. The van der Waals surface area contributed by atoms with E-state index in [4.69, 9.17) is 26.0 Å². The minimum atomic E-state index is -4.60. The number of aromatic carboxylic acids is 1. The summed E-state index contributed by atoms with van der Waals surface area (Å²) in [5.74, 6) is -2.46. The Bertz CT molecular complexity index is 890. The summed E-state index contributed by atoms with van der Waals surface area (Å²) in [7, 11) is -4.60. The Morgan fingerprint density at radius 2 is 1.74 bits per heavy atom. The number of hydrogen-bond donors (Lipinski definition) is 2. The van der Waals surface area contributed by atoms with Gasteiger partial charge in [0, 0.05) is 5.02 Å². The zero-order chi connectivity index (χ0) is 17.2. The molecule has 120 valence electrons. The summed E-state index contributed by atoms with van der Waals surface area (Å²) < 4.78 is 36.0. The highest BCUT2D eigenvalue weighted by Crippen LogP contribution is 2.21. The largest absolute Gasteiger partial charge is 0.478 e. The van der Waals surface area contributed by atoms with Gasteiger partial charge in [0.15, 0.2) is 0 Å². The van der Waals surface area contributed by atoms with Gasteiger partial charge in [0.1, 0.15) is 5.75 Å². The number of benzene rings is 2. The first kappa shape index (κ1) is 16.9. The van der Waals surface area contributed by atoms with Crippen LogP contribution in [0.4, 0.5) is 0 Å². The molecule has 0 aliphatic carbocycles. The number of halogens is 1. The van der Waals surface area contributed by atoms with E-state index >= 15 is 0 Å². The maximum atomic E-state index is 12.1. The fraction of sp³-hybridized carbons (Fsp3) is 0. The van der Waals surface area contributed by atoms with Gasteiger partial charge in [0.05, 0.1) is 16.0 Å². The van der Waals surface area contributed by atoms with Crippen molar-refractivity contribution >= 4 is 33.7 Å². The Morgan fingerprint density at radius 1 is 1.04 bits per heavy atom. The van der Waals surface area contributed by atoms with Gasteiger partial charge in [0.25, 0.3) is 10.1 Å². The molecular weight excluding hydrogens is 348 g/mol. The topological polar surface area (TPSA) is 118 Å². The van der Waals surface area contributed by atoms with E-state index in [9.17, 15) is 18.0 Å². The predicted octanol–water partition coefficient (Wildman–Crippen LogP) is 2.50. The quantitative estimate of drug-likeness (QED) is 0.490. The van der Waals surface area contributed by atoms with Crippen LogP contribution in [0.1, 0.15) is 20.7 Å². The maximum Gasteiger partial charge on any atom is 0.344 e. The number of esters is 1. The molecule has 0 amide bonds. The van der Waals surface area contributed by atoms with Gasteiger partial charge in [-0.15, -0.1) is 0 Å². The van der Waals surface area contributed by atoms with Crippen molar-refractivity contribution in [3.63, 3.8) is 0 Å². The number of rotatable bonds is 4. The molecule has 2 aromatic rings. The molecular formula is C14H9ClO7S. The SMILES string of the molecule is O=C(O)c1cc(S(=O)(=O)O)ccc1C(=O)Oc1cccc(Cl)c1. The van der Waals surface area contributed by atoms with Crippen LogP contribution in [0.5, 0.6) is 5.75 Å². The van der Waals surface area contributed by atoms with Gasteiger partial charge >= 0.3 is 11.9 Å². The lowest BCUT2D eigenvalue weighted by Crippen LogP contribution is -2.15. The van der Waals surface area contributed by atoms with Gasteiger partial charge in [-0.25, -0.2) is 9.59 Å². The first-order valence-corrected chi connectivity index (χ1v) is 7.83. The van der Waals surface area contributed by atoms with Crippen molar-refractivity contribution in [2.24, 2.45) is 0 Å². The summed E-state index contributed by atoms with van der Waals surface area (Å²) in [6.07, 6.45) is 0. The Morgan fingerprint density at radius 3 is 2.30 bits per heavy atom. The minimum Gasteiger partial charge on any atom is -0.478 e. The molecule has 0 atom stereocenters. The summed E-state index contributed by atoms with van der Waals surface area (Å²) >= 11 is 5.75. The first-order chi connectivity index (χ1) is 10.7. The second kappa shape index (κ2) is 6.37. The van der Waals surface area contributed by atoms with Gasteiger partial charge in [-0.2, -0.15) is 8.42 Å². The molecule has 0 bridgehead atoms. The number of carbonyl (C=O) groups excluding carboxylic acids is 1. The lowest BCUT2D eigenvalue weighted by Gasteiger charge is -2.08. The number of carboxylic acids is 1. The molecule has 0 aliphatic heterocycles. The van der Waals surface area contributed by atoms with Crippen LogP contribution in [0.15, 0.2) is 47.4 Å². The van der Waals surface area contributed by atoms with Gasteiger partial charge in [-0.3, -0.25) is 4.55 Å². The molecule has 0 aliphatic rings. The first-order valence-electron chi connectivity index (χ1n) is 6.01. The Hall–Kier alpha value is -2.42. The minimum absolute atomic E-state index is 0.0951. The molecule has 2 N–H and O–H groups in total. The molecule has 7 nitrogen and oxygen atoms in total. The highest BCUT2D eigenvalue weighted by molar-refractivity contribution is 7.85. The molecule has 0 saturated heterocycles. The average molecular weight is 357 g/mol. The third-order valence-electron chi connectivity index (χ3n) is 2.75. The van der Waals surface area contributed by atoms with E-state index in [-0.39, 0.29) is 11.3 Å². The standard InChI is InChI=1S/C14H9ClO7S/c15-8-2-1-3-9(6-8)22-14(18)11-5-4-10(23(19,20)21)7-12(11)13(16)17/h1-7H,(H,16,17)(H,19,20,21). The summed E-state index contributed by atoms with van der Waals surface area (Å²) in [5, 5.41) is 9.42. The molecule has 0 fully saturated rings. The molecule has 0 saturated carbocycles. The Kier molecular flexibility index (Phi) is 4.69. The van der Waals surface area contributed by atoms with Crippen molar-refractivity contribution in [2.75, 3.05) is 0 Å². The van der Waals surface area contributed by atoms with Crippen LogP contribution in [0.2, 0.25) is 5.02 Å². The van der Waals surface area contributed by atoms with Crippen LogP contribution in [-0.4, -0.2) is 30.0 Å². The molecule has 0 unspecified atom stereocenters. The third-order valence-corrected chi connectivity index (χ3v) is 3.83. The number of ether oxygens (including phenoxy) is 1. The zero-order valence-corrected chi connectivity index (χ0v) is 12.8. The normalized spacial score (nSPS) is 11.0. The fourth-order valence-corrected chi connectivity index (χ4v) is 2.42. The third kappa shape index (κ3) is 4.07. The lowest BCUT2D eigenvalue weighted by molar-refractivity contribution is 0.0667. The number of hydrogen-bond acceptors (Lipinski definition) is 5. The van der Waals surface area contributed by atoms with Crippen LogP contribution < -0.4 is 4.74 Å².